The molecule has 112 valence electrons. The third-order valence-electron chi connectivity index (χ3n) is 3.98. The van der Waals surface area contributed by atoms with Crippen molar-refractivity contribution in [3.63, 3.8) is 0 Å². The van der Waals surface area contributed by atoms with E-state index in [2.05, 4.69) is 5.32 Å². The Balaban J connectivity index is 2.22. The average molecular weight is 297 g/mol. The van der Waals surface area contributed by atoms with Gasteiger partial charge in [0.15, 0.2) is 9.84 Å². The summed E-state index contributed by atoms with van der Waals surface area (Å²) < 4.78 is 28.8. The molecule has 5 heteroatoms. The maximum absolute atomic E-state index is 12.0. The van der Waals surface area contributed by atoms with Gasteiger partial charge >= 0.3 is 0 Å². The first kappa shape index (κ1) is 15.3. The zero-order valence-corrected chi connectivity index (χ0v) is 13.3. The van der Waals surface area contributed by atoms with Gasteiger partial charge in [0.25, 0.3) is 0 Å². The van der Waals surface area contributed by atoms with Gasteiger partial charge in [-0.2, -0.15) is 0 Å². The monoisotopic (exact) mass is 297 g/mol. The minimum atomic E-state index is -3.17. The highest BCUT2D eigenvalue weighted by Crippen LogP contribution is 2.33. The minimum absolute atomic E-state index is 0.257. The summed E-state index contributed by atoms with van der Waals surface area (Å²) in [5, 5.41) is 3.12. The van der Waals surface area contributed by atoms with Crippen molar-refractivity contribution in [3.8, 4) is 5.75 Å². The molecule has 20 heavy (non-hydrogen) atoms. The standard InChI is InChI=1S/C15H23NO3S/c1-15(2,20(4,17)18)14(16-3)11-5-7-12(8-6-11)19-13-9-10-13/h5-8,13-14,16H,9-10H2,1-4H3. The Hall–Kier alpha value is -1.07. The lowest BCUT2D eigenvalue weighted by atomic mass is 9.95. The number of nitrogens with one attached hydrogen (secondary N) is 1. The molecule has 0 saturated heterocycles. The van der Waals surface area contributed by atoms with Crippen molar-refractivity contribution in [2.75, 3.05) is 13.3 Å². The third kappa shape index (κ3) is 3.15. The molecular formula is C15H23NO3S. The fourth-order valence-corrected chi connectivity index (χ4v) is 2.93. The number of benzene rings is 1. The maximum Gasteiger partial charge on any atom is 0.154 e. The number of ether oxygens (including phenoxy) is 1. The van der Waals surface area contributed by atoms with Crippen molar-refractivity contribution >= 4 is 9.84 Å². The fourth-order valence-electron chi connectivity index (χ4n) is 2.25. The van der Waals surface area contributed by atoms with E-state index in [9.17, 15) is 8.42 Å². The molecule has 0 radical (unpaired) electrons. The molecule has 1 aliphatic rings. The van der Waals surface area contributed by atoms with Crippen LogP contribution in [0.1, 0.15) is 38.3 Å². The van der Waals surface area contributed by atoms with Crippen molar-refractivity contribution in [3.05, 3.63) is 29.8 Å². The molecule has 4 nitrogen and oxygen atoms in total. The average Bonchev–Trinajstić information content (AvgIpc) is 3.14. The second kappa shape index (κ2) is 5.37. The van der Waals surface area contributed by atoms with Crippen LogP contribution in [0.2, 0.25) is 0 Å². The zero-order chi connectivity index (χ0) is 15.0. The van der Waals surface area contributed by atoms with Crippen molar-refractivity contribution in [1.29, 1.82) is 0 Å². The van der Waals surface area contributed by atoms with Gasteiger partial charge in [-0.05, 0) is 51.4 Å². The number of hydrogen-bond donors (Lipinski definition) is 1. The third-order valence-corrected chi connectivity index (χ3v) is 6.13. The van der Waals surface area contributed by atoms with E-state index in [4.69, 9.17) is 4.74 Å². The van der Waals surface area contributed by atoms with E-state index in [0.29, 0.717) is 6.10 Å². The van der Waals surface area contributed by atoms with Crippen LogP contribution in [0.3, 0.4) is 0 Å². The van der Waals surface area contributed by atoms with E-state index in [1.165, 1.54) is 6.26 Å². The Morgan fingerprint density at radius 2 is 1.80 bits per heavy atom. The molecule has 0 aliphatic heterocycles. The zero-order valence-electron chi connectivity index (χ0n) is 12.5. The van der Waals surface area contributed by atoms with Crippen LogP contribution < -0.4 is 10.1 Å². The van der Waals surface area contributed by atoms with Gasteiger partial charge in [0, 0.05) is 6.26 Å². The predicted molar refractivity (Wildman–Crippen MR) is 80.8 cm³/mol. The summed E-state index contributed by atoms with van der Waals surface area (Å²) in [4.78, 5) is 0. The van der Waals surface area contributed by atoms with Crippen molar-refractivity contribution in [1.82, 2.24) is 5.32 Å². The predicted octanol–water partition coefficient (Wildman–Crippen LogP) is 2.31. The molecule has 2 rings (SSSR count). The van der Waals surface area contributed by atoms with Crippen LogP contribution in [0.4, 0.5) is 0 Å². The van der Waals surface area contributed by atoms with Crippen molar-refractivity contribution in [2.45, 2.75) is 43.6 Å². The second-order valence-electron chi connectivity index (χ2n) is 5.98. The molecule has 1 atom stereocenters. The van der Waals surface area contributed by atoms with E-state index < -0.39 is 14.6 Å². The lowest BCUT2D eigenvalue weighted by Crippen LogP contribution is -2.43. The fraction of sp³-hybridized carbons (Fsp3) is 0.600. The van der Waals surface area contributed by atoms with E-state index >= 15 is 0 Å². The summed E-state index contributed by atoms with van der Waals surface area (Å²) in [5.41, 5.74) is 0.950. The van der Waals surface area contributed by atoms with Gasteiger partial charge in [-0.25, -0.2) is 8.42 Å². The van der Waals surface area contributed by atoms with Crippen LogP contribution in [-0.2, 0) is 9.84 Å². The highest BCUT2D eigenvalue weighted by molar-refractivity contribution is 7.92. The SMILES string of the molecule is CNC(c1ccc(OC2CC2)cc1)C(C)(C)S(C)(=O)=O. The first-order valence-electron chi connectivity index (χ1n) is 6.89. The van der Waals surface area contributed by atoms with E-state index in [0.717, 1.165) is 24.2 Å². The summed E-state index contributed by atoms with van der Waals surface area (Å²) in [6.07, 6.45) is 3.90. The van der Waals surface area contributed by atoms with E-state index in [1.54, 1.807) is 20.9 Å². The van der Waals surface area contributed by atoms with Gasteiger partial charge in [-0.3, -0.25) is 0 Å². The molecule has 1 fully saturated rings. The Labute approximate surface area is 121 Å². The number of rotatable bonds is 6. The molecular weight excluding hydrogens is 274 g/mol. The lowest BCUT2D eigenvalue weighted by Gasteiger charge is -2.32. The van der Waals surface area contributed by atoms with Gasteiger partial charge in [0.1, 0.15) is 5.75 Å². The quantitative estimate of drug-likeness (QED) is 0.875. The van der Waals surface area contributed by atoms with Crippen LogP contribution in [-0.4, -0.2) is 32.6 Å². The number of hydrogen-bond acceptors (Lipinski definition) is 4. The molecule has 1 saturated carbocycles. The van der Waals surface area contributed by atoms with Crippen molar-refractivity contribution < 1.29 is 13.2 Å². The molecule has 1 aromatic rings. The maximum atomic E-state index is 12.0. The molecule has 0 aromatic heterocycles. The Kier molecular flexibility index (Phi) is 4.12. The normalized spacial score (nSPS) is 17.8. The molecule has 1 aliphatic carbocycles. The topological polar surface area (TPSA) is 55.4 Å². The minimum Gasteiger partial charge on any atom is -0.490 e. The largest absolute Gasteiger partial charge is 0.490 e. The Morgan fingerprint density at radius 1 is 1.25 bits per heavy atom. The molecule has 0 amide bonds. The van der Waals surface area contributed by atoms with Gasteiger partial charge in [-0.1, -0.05) is 12.1 Å². The van der Waals surface area contributed by atoms with Crippen LogP contribution in [0, 0.1) is 0 Å². The van der Waals surface area contributed by atoms with Gasteiger partial charge in [0.05, 0.1) is 16.9 Å². The van der Waals surface area contributed by atoms with E-state index in [-0.39, 0.29) is 6.04 Å². The van der Waals surface area contributed by atoms with Crippen LogP contribution in [0.15, 0.2) is 24.3 Å². The Bertz CT molecular complexity index is 559. The smallest absolute Gasteiger partial charge is 0.154 e. The summed E-state index contributed by atoms with van der Waals surface area (Å²) in [6.45, 7) is 3.50. The lowest BCUT2D eigenvalue weighted by molar-refractivity contribution is 0.303. The summed E-state index contributed by atoms with van der Waals surface area (Å²) in [6, 6.07) is 7.44. The highest BCUT2D eigenvalue weighted by Gasteiger charge is 2.39. The summed E-state index contributed by atoms with van der Waals surface area (Å²) in [7, 11) is -1.39. The van der Waals surface area contributed by atoms with Crippen molar-refractivity contribution in [2.24, 2.45) is 0 Å². The molecule has 0 bridgehead atoms. The molecule has 1 aromatic carbocycles. The second-order valence-corrected chi connectivity index (χ2v) is 8.58. The van der Waals surface area contributed by atoms with Gasteiger partial charge in [-0.15, -0.1) is 0 Å². The molecule has 0 heterocycles. The number of sulfone groups is 1. The van der Waals surface area contributed by atoms with Crippen LogP contribution >= 0.6 is 0 Å². The highest BCUT2D eigenvalue weighted by atomic mass is 32.2. The van der Waals surface area contributed by atoms with Gasteiger partial charge < -0.3 is 10.1 Å². The van der Waals surface area contributed by atoms with E-state index in [1.807, 2.05) is 24.3 Å². The first-order chi connectivity index (χ1) is 9.25. The Morgan fingerprint density at radius 3 is 2.20 bits per heavy atom. The first-order valence-corrected chi connectivity index (χ1v) is 8.78. The van der Waals surface area contributed by atoms with Gasteiger partial charge in [0.2, 0.25) is 0 Å². The summed E-state index contributed by atoms with van der Waals surface area (Å²) >= 11 is 0. The van der Waals surface area contributed by atoms with Crippen LogP contribution in [0.25, 0.3) is 0 Å². The van der Waals surface area contributed by atoms with Crippen LogP contribution in [0.5, 0.6) is 5.75 Å². The summed E-state index contributed by atoms with van der Waals surface area (Å²) in [5.74, 6) is 0.850. The molecule has 1 N–H and O–H groups in total. The molecule has 0 spiro atoms. The molecule has 1 unspecified atom stereocenters.